The first kappa shape index (κ1) is 41.1. The minimum Gasteiger partial charge on any atom is -0.386 e. The van der Waals surface area contributed by atoms with E-state index >= 15 is 8.78 Å². The number of nitrogens with zero attached hydrogens (tertiary/aromatic N) is 8. The summed E-state index contributed by atoms with van der Waals surface area (Å²) in [6, 6.07) is 13.8. The average Bonchev–Trinajstić information content (AvgIpc) is 4.02. The summed E-state index contributed by atoms with van der Waals surface area (Å²) in [4.78, 5) is 57.1. The van der Waals surface area contributed by atoms with Crippen LogP contribution < -0.4 is 10.6 Å². The number of amides is 5. The minimum atomic E-state index is -1.28. The van der Waals surface area contributed by atoms with E-state index in [-0.39, 0.29) is 36.4 Å². The maximum absolute atomic E-state index is 15.3. The predicted molar refractivity (Wildman–Crippen MR) is 223 cm³/mol. The van der Waals surface area contributed by atoms with Gasteiger partial charge >= 0.3 is 6.03 Å². The van der Waals surface area contributed by atoms with Gasteiger partial charge in [0.2, 0.25) is 11.8 Å². The largest absolute Gasteiger partial charge is 0.386 e. The fraction of sp³-hybridized carbons (Fsp3) is 0.444. The Hall–Kier alpha value is -6.25. The highest BCUT2D eigenvalue weighted by Gasteiger charge is 2.37. The lowest BCUT2D eigenvalue weighted by Crippen LogP contribution is -2.55. The second-order valence-electron chi connectivity index (χ2n) is 17.6. The molecule has 3 aromatic heterocycles. The summed E-state index contributed by atoms with van der Waals surface area (Å²) in [7, 11) is 0. The molecule has 4 aliphatic rings. The molecular formula is C45H48F2N10O5. The normalized spacial score (nSPS) is 22.6. The van der Waals surface area contributed by atoms with Gasteiger partial charge in [0.15, 0.2) is 0 Å². The lowest BCUT2D eigenvalue weighted by atomic mass is 9.87. The van der Waals surface area contributed by atoms with E-state index < -0.39 is 40.9 Å². The van der Waals surface area contributed by atoms with Crippen molar-refractivity contribution in [2.45, 2.75) is 88.3 Å². The summed E-state index contributed by atoms with van der Waals surface area (Å²) >= 11 is 0. The lowest BCUT2D eigenvalue weighted by molar-refractivity contribution is -0.134. The maximum atomic E-state index is 15.3. The first-order valence-electron chi connectivity index (χ1n) is 21.3. The third-order valence-corrected chi connectivity index (χ3v) is 13.2. The quantitative estimate of drug-likeness (QED) is 0.177. The van der Waals surface area contributed by atoms with Crippen LogP contribution in [0.5, 0.6) is 0 Å². The standard InChI is InChI=1S/C45H48F2N10O5/c1-45(2,62)34-21-37-29(20-38(34)50-43(60)39-9-7-32-17-26(22-48)23-49-57(32)39)25-56(52-37)31-5-3-30(4-6-31)53-13-15-54(16-14-53)44(61)55-12-11-27(24-55)28-18-35(46)41(36(47)19-28)33-8-10-40(58)51-42(33)59/h7,9,17-21,23,25,27,30-31,33,62H,3-6,8,10-16,24H2,1-2H3,(H,50,60)(H,51,58,59)/t27-,30?,31?,33+/m0/s1. The summed E-state index contributed by atoms with van der Waals surface area (Å²) in [5, 5.41) is 35.5. The Balaban J connectivity index is 0.787. The van der Waals surface area contributed by atoms with Crippen molar-refractivity contribution in [2.75, 3.05) is 44.6 Å². The summed E-state index contributed by atoms with van der Waals surface area (Å²) in [6.07, 6.45) is 7.86. The summed E-state index contributed by atoms with van der Waals surface area (Å²) in [6.45, 7) is 6.87. The van der Waals surface area contributed by atoms with Gasteiger partial charge in [-0.15, -0.1) is 0 Å². The monoisotopic (exact) mass is 846 g/mol. The summed E-state index contributed by atoms with van der Waals surface area (Å²) in [5.74, 6) is -4.44. The molecule has 17 heteroatoms. The van der Waals surface area contributed by atoms with Gasteiger partial charge in [-0.2, -0.15) is 15.5 Å². The van der Waals surface area contributed by atoms with E-state index in [4.69, 9.17) is 5.10 Å². The number of urea groups is 1. The number of rotatable bonds is 7. The minimum absolute atomic E-state index is 0.0251. The summed E-state index contributed by atoms with van der Waals surface area (Å²) in [5.41, 5.74) is 1.87. The molecule has 6 heterocycles. The SMILES string of the molecule is CC(C)(O)c1cc2nn(C3CCC(N4CCN(C(=O)N5CC[C@H](c6cc(F)c([C@H]7CCC(=O)NC7=O)c(F)c6)C5)CC4)CC3)cc2cc1NC(=O)c1ccc2cc(C#N)cnn12. The Labute approximate surface area is 356 Å². The molecule has 3 saturated heterocycles. The number of imide groups is 1. The number of piperazine rings is 1. The molecule has 5 amide bonds. The number of likely N-dealkylation sites (tertiary alicyclic amines) is 1. The fourth-order valence-electron chi connectivity index (χ4n) is 9.82. The van der Waals surface area contributed by atoms with Crippen molar-refractivity contribution in [1.82, 2.24) is 39.4 Å². The molecule has 1 aliphatic carbocycles. The summed E-state index contributed by atoms with van der Waals surface area (Å²) < 4.78 is 34.0. The number of anilines is 1. The Morgan fingerprint density at radius 2 is 1.65 bits per heavy atom. The van der Waals surface area contributed by atoms with Crippen molar-refractivity contribution < 1.29 is 33.1 Å². The molecule has 15 nitrogen and oxygen atoms in total. The smallest absolute Gasteiger partial charge is 0.320 e. The first-order chi connectivity index (χ1) is 29.7. The number of halogens is 2. The van der Waals surface area contributed by atoms with Crippen molar-refractivity contribution in [3.63, 3.8) is 0 Å². The van der Waals surface area contributed by atoms with Crippen LogP contribution >= 0.6 is 0 Å². The van der Waals surface area contributed by atoms with Gasteiger partial charge < -0.3 is 20.2 Å². The fourth-order valence-corrected chi connectivity index (χ4v) is 9.82. The van der Waals surface area contributed by atoms with Crippen molar-refractivity contribution in [3.8, 4) is 6.07 Å². The van der Waals surface area contributed by atoms with Crippen LogP contribution in [0.2, 0.25) is 0 Å². The van der Waals surface area contributed by atoms with E-state index in [0.717, 1.165) is 44.2 Å². The molecule has 0 unspecified atom stereocenters. The lowest BCUT2D eigenvalue weighted by Gasteiger charge is -2.42. The molecular weight excluding hydrogens is 799 g/mol. The van der Waals surface area contributed by atoms with Crippen LogP contribution in [0.3, 0.4) is 0 Å². The second kappa shape index (κ2) is 16.2. The molecule has 2 aromatic carbocycles. The second-order valence-corrected chi connectivity index (χ2v) is 17.6. The Bertz CT molecular complexity index is 2630. The molecule has 3 N–H and O–H groups in total. The molecule has 0 spiro atoms. The molecule has 2 atom stereocenters. The van der Waals surface area contributed by atoms with E-state index in [0.29, 0.717) is 77.7 Å². The van der Waals surface area contributed by atoms with E-state index in [2.05, 4.69) is 26.7 Å². The molecule has 5 aromatic rings. The van der Waals surface area contributed by atoms with Gasteiger partial charge in [0.1, 0.15) is 23.4 Å². The van der Waals surface area contributed by atoms with Gasteiger partial charge in [0.05, 0.1) is 40.4 Å². The number of piperidine rings is 1. The van der Waals surface area contributed by atoms with Gasteiger partial charge in [-0.1, -0.05) is 0 Å². The first-order valence-corrected chi connectivity index (χ1v) is 21.3. The molecule has 4 fully saturated rings. The van der Waals surface area contributed by atoms with Crippen molar-refractivity contribution in [3.05, 3.63) is 94.4 Å². The molecule has 322 valence electrons. The van der Waals surface area contributed by atoms with Crippen LogP contribution in [0.15, 0.2) is 54.9 Å². The molecule has 9 rings (SSSR count). The van der Waals surface area contributed by atoms with Crippen molar-refractivity contribution in [2.24, 2.45) is 0 Å². The number of aromatic nitrogens is 4. The van der Waals surface area contributed by atoms with Crippen LogP contribution in [0.4, 0.5) is 19.3 Å². The molecule has 62 heavy (non-hydrogen) atoms. The van der Waals surface area contributed by atoms with Crippen LogP contribution in [0.1, 0.15) is 109 Å². The molecule has 0 bridgehead atoms. The third-order valence-electron chi connectivity index (χ3n) is 13.2. The zero-order chi connectivity index (χ0) is 43.4. The van der Waals surface area contributed by atoms with E-state index in [1.165, 1.54) is 22.8 Å². The predicted octanol–water partition coefficient (Wildman–Crippen LogP) is 5.54. The number of carbonyl (C=O) groups is 4. The van der Waals surface area contributed by atoms with Crippen molar-refractivity contribution in [1.29, 1.82) is 5.26 Å². The van der Waals surface area contributed by atoms with Gasteiger partial charge in [-0.25, -0.2) is 18.1 Å². The van der Waals surface area contributed by atoms with Crippen LogP contribution in [-0.2, 0) is 15.2 Å². The number of hydrogen-bond donors (Lipinski definition) is 3. The van der Waals surface area contributed by atoms with E-state index in [1.54, 1.807) is 36.9 Å². The number of hydrogen-bond acceptors (Lipinski definition) is 9. The third kappa shape index (κ3) is 7.88. The van der Waals surface area contributed by atoms with Crippen LogP contribution in [0.25, 0.3) is 16.4 Å². The average molecular weight is 847 g/mol. The van der Waals surface area contributed by atoms with Crippen molar-refractivity contribution >= 4 is 45.9 Å². The van der Waals surface area contributed by atoms with Gasteiger partial charge in [0.25, 0.3) is 5.91 Å². The zero-order valence-electron chi connectivity index (χ0n) is 34.6. The highest BCUT2D eigenvalue weighted by Crippen LogP contribution is 2.37. The molecule has 1 saturated carbocycles. The zero-order valence-corrected chi connectivity index (χ0v) is 34.6. The molecule has 3 aliphatic heterocycles. The van der Waals surface area contributed by atoms with Gasteiger partial charge in [-0.3, -0.25) is 29.3 Å². The van der Waals surface area contributed by atoms with Crippen LogP contribution in [-0.4, -0.2) is 108 Å². The number of benzene rings is 2. The Morgan fingerprint density at radius 1 is 0.919 bits per heavy atom. The molecule has 0 radical (unpaired) electrons. The number of nitriles is 1. The van der Waals surface area contributed by atoms with Gasteiger partial charge in [0, 0.05) is 86.0 Å². The Kier molecular flexibility index (Phi) is 10.8. The number of nitrogens with one attached hydrogen (secondary N) is 2. The topological polar surface area (TPSA) is 181 Å². The highest BCUT2D eigenvalue weighted by molar-refractivity contribution is 6.05. The Morgan fingerprint density at radius 3 is 2.34 bits per heavy atom. The van der Waals surface area contributed by atoms with E-state index in [9.17, 15) is 29.5 Å². The number of fused-ring (bicyclic) bond motifs is 2. The van der Waals surface area contributed by atoms with Crippen LogP contribution in [0, 0.1) is 23.0 Å². The highest BCUT2D eigenvalue weighted by atomic mass is 19.1. The number of carbonyl (C=O) groups excluding carboxylic acids is 4. The van der Waals surface area contributed by atoms with E-state index in [1.807, 2.05) is 27.9 Å². The van der Waals surface area contributed by atoms with Gasteiger partial charge in [-0.05, 0) is 100 Å². The maximum Gasteiger partial charge on any atom is 0.320 e. The number of aliphatic hydroxyl groups is 1.